The smallest absolute Gasteiger partial charge is 0.241 e. The normalized spacial score (nSPS) is 15.3. The average molecular weight is 468 g/mol. The van der Waals surface area contributed by atoms with Gasteiger partial charge in [-0.2, -0.15) is 10.1 Å². The van der Waals surface area contributed by atoms with Crippen LogP contribution in [-0.2, 0) is 16.6 Å². The zero-order chi connectivity index (χ0) is 23.0. The average Bonchev–Trinajstić information content (AvgIpc) is 3.42. The number of hydrogen-bond acceptors (Lipinski definition) is 9. The fourth-order valence-corrected chi connectivity index (χ4v) is 5.01. The number of rotatable bonds is 7. The maximum absolute atomic E-state index is 12.1. The van der Waals surface area contributed by atoms with E-state index < -0.39 is 22.7 Å². The molecule has 3 heterocycles. The summed E-state index contributed by atoms with van der Waals surface area (Å²) in [6.07, 6.45) is 2.24. The van der Waals surface area contributed by atoms with Crippen LogP contribution in [-0.4, -0.2) is 58.1 Å². The lowest BCUT2D eigenvalue weighted by atomic mass is 10.2. The molecule has 5 N–H and O–H groups in total. The highest BCUT2D eigenvalue weighted by molar-refractivity contribution is 7.89. The Kier molecular flexibility index (Phi) is 5.42. The highest BCUT2D eigenvalue weighted by Gasteiger charge is 2.25. The third-order valence-electron chi connectivity index (χ3n) is 5.34. The fraction of sp³-hybridized carbons (Fsp3) is 0.190. The van der Waals surface area contributed by atoms with Crippen LogP contribution in [0.15, 0.2) is 59.8 Å². The minimum absolute atomic E-state index is 0.0833. The summed E-state index contributed by atoms with van der Waals surface area (Å²) in [7, 11) is -3.51. The maximum atomic E-state index is 12.1. The number of hydrogen-bond donors (Lipinski definition) is 5. The summed E-state index contributed by atoms with van der Waals surface area (Å²) >= 11 is 0. The largest absolute Gasteiger partial charge is 0.394 e. The van der Waals surface area contributed by atoms with E-state index in [-0.39, 0.29) is 23.9 Å². The second-order valence-electron chi connectivity index (χ2n) is 7.57. The van der Waals surface area contributed by atoms with Crippen LogP contribution in [0.5, 0.6) is 0 Å². The minimum Gasteiger partial charge on any atom is -0.394 e. The van der Waals surface area contributed by atoms with E-state index in [0.29, 0.717) is 17.1 Å². The molecule has 11 nitrogen and oxygen atoms in total. The van der Waals surface area contributed by atoms with E-state index >= 15 is 0 Å². The number of benzene rings is 2. The lowest BCUT2D eigenvalue weighted by Crippen LogP contribution is -2.31. The van der Waals surface area contributed by atoms with Crippen molar-refractivity contribution < 1.29 is 18.6 Å². The van der Waals surface area contributed by atoms with Crippen molar-refractivity contribution in [3.05, 3.63) is 60.4 Å². The molecule has 1 aliphatic heterocycles. The number of nitrogens with zero attached hydrogens (tertiary/aromatic N) is 4. The Morgan fingerprint density at radius 2 is 2.09 bits per heavy atom. The van der Waals surface area contributed by atoms with Gasteiger partial charge in [0.05, 0.1) is 41.6 Å². The summed E-state index contributed by atoms with van der Waals surface area (Å²) < 4.78 is 26.8. The SMILES string of the molecule is O=S1(=O)NCc2ccc(Nc3nccc(N(C[C@@H](O)CO)c4cccc5[nH]ncc45)n3)cc21. The fourth-order valence-electron chi connectivity index (χ4n) is 3.74. The molecule has 2 aromatic heterocycles. The maximum Gasteiger partial charge on any atom is 0.241 e. The molecule has 1 atom stereocenters. The Hall–Kier alpha value is -3.58. The van der Waals surface area contributed by atoms with Gasteiger partial charge in [-0.05, 0) is 35.9 Å². The van der Waals surface area contributed by atoms with E-state index in [1.165, 1.54) is 0 Å². The first kappa shape index (κ1) is 21.3. The molecule has 1 aliphatic rings. The summed E-state index contributed by atoms with van der Waals surface area (Å²) in [5.41, 5.74) is 2.79. The number of aromatic nitrogens is 4. The summed E-state index contributed by atoms with van der Waals surface area (Å²) in [6, 6.07) is 12.3. The zero-order valence-corrected chi connectivity index (χ0v) is 18.1. The van der Waals surface area contributed by atoms with Gasteiger partial charge < -0.3 is 20.4 Å². The molecule has 0 radical (unpaired) electrons. The van der Waals surface area contributed by atoms with E-state index in [9.17, 15) is 18.6 Å². The van der Waals surface area contributed by atoms with Gasteiger partial charge in [0.25, 0.3) is 0 Å². The van der Waals surface area contributed by atoms with E-state index in [4.69, 9.17) is 0 Å². The molecule has 0 fully saturated rings. The van der Waals surface area contributed by atoms with Gasteiger partial charge in [-0.3, -0.25) is 5.10 Å². The number of aliphatic hydroxyl groups is 2. The van der Waals surface area contributed by atoms with Gasteiger partial charge in [-0.1, -0.05) is 12.1 Å². The molecule has 0 bridgehead atoms. The third-order valence-corrected chi connectivity index (χ3v) is 6.82. The van der Waals surface area contributed by atoms with Crippen LogP contribution >= 0.6 is 0 Å². The summed E-state index contributed by atoms with van der Waals surface area (Å²) in [5, 5.41) is 30.5. The van der Waals surface area contributed by atoms with Gasteiger partial charge in [-0.25, -0.2) is 18.1 Å². The molecule has 0 saturated carbocycles. The zero-order valence-electron chi connectivity index (χ0n) is 17.3. The number of aromatic amines is 1. The van der Waals surface area contributed by atoms with E-state index in [1.54, 1.807) is 41.6 Å². The standard InChI is InChI=1S/C21H21N7O4S/c29-12-15(30)11-28(18-3-1-2-17-16(18)10-23-27-17)20-6-7-22-21(26-20)25-14-5-4-13-9-24-33(31,32)19(13)8-14/h1-8,10,15,24,29-30H,9,11-12H2,(H,23,27)(H,22,25,26)/t15-/m1/s1. The molecular weight excluding hydrogens is 446 g/mol. The summed E-state index contributed by atoms with van der Waals surface area (Å²) in [6.45, 7) is -0.0582. The van der Waals surface area contributed by atoms with Crippen LogP contribution in [0.3, 0.4) is 0 Å². The Morgan fingerprint density at radius 1 is 1.21 bits per heavy atom. The van der Waals surface area contributed by atoms with Crippen LogP contribution in [0.2, 0.25) is 0 Å². The molecule has 33 heavy (non-hydrogen) atoms. The first-order chi connectivity index (χ1) is 15.9. The Labute approximate surface area is 189 Å². The number of H-pyrrole nitrogens is 1. The molecule has 170 valence electrons. The molecule has 12 heteroatoms. The second-order valence-corrected chi connectivity index (χ2v) is 9.30. The highest BCUT2D eigenvalue weighted by atomic mass is 32.2. The predicted octanol–water partition coefficient (Wildman–Crippen LogP) is 1.38. The molecule has 0 unspecified atom stereocenters. The van der Waals surface area contributed by atoms with Crippen molar-refractivity contribution in [2.24, 2.45) is 0 Å². The first-order valence-electron chi connectivity index (χ1n) is 10.2. The van der Waals surface area contributed by atoms with E-state index in [1.807, 2.05) is 18.2 Å². The van der Waals surface area contributed by atoms with Gasteiger partial charge in [-0.15, -0.1) is 0 Å². The predicted molar refractivity (Wildman–Crippen MR) is 122 cm³/mol. The highest BCUT2D eigenvalue weighted by Crippen LogP contribution is 2.32. The van der Waals surface area contributed by atoms with Gasteiger partial charge >= 0.3 is 0 Å². The lowest BCUT2D eigenvalue weighted by Gasteiger charge is -2.26. The third kappa shape index (κ3) is 4.12. The number of aliphatic hydroxyl groups excluding tert-OH is 2. The van der Waals surface area contributed by atoms with Gasteiger partial charge in [0, 0.05) is 23.8 Å². The molecular formula is C21H21N7O4S. The number of anilines is 4. The van der Waals surface area contributed by atoms with Gasteiger partial charge in [0.15, 0.2) is 0 Å². The molecule has 2 aromatic carbocycles. The van der Waals surface area contributed by atoms with Crippen molar-refractivity contribution in [1.29, 1.82) is 0 Å². The van der Waals surface area contributed by atoms with Crippen molar-refractivity contribution in [3.63, 3.8) is 0 Å². The van der Waals surface area contributed by atoms with Crippen LogP contribution < -0.4 is 14.9 Å². The minimum atomic E-state index is -3.51. The number of nitrogens with one attached hydrogen (secondary N) is 3. The van der Waals surface area contributed by atoms with Crippen molar-refractivity contribution >= 4 is 44.1 Å². The first-order valence-corrected chi connectivity index (χ1v) is 11.6. The molecule has 0 aliphatic carbocycles. The molecule has 5 rings (SSSR count). The van der Waals surface area contributed by atoms with Crippen molar-refractivity contribution in [1.82, 2.24) is 24.9 Å². The second kappa shape index (κ2) is 8.41. The van der Waals surface area contributed by atoms with Crippen molar-refractivity contribution in [3.8, 4) is 0 Å². The van der Waals surface area contributed by atoms with Crippen LogP contribution in [0, 0.1) is 0 Å². The van der Waals surface area contributed by atoms with Crippen LogP contribution in [0.4, 0.5) is 23.1 Å². The monoisotopic (exact) mass is 467 g/mol. The van der Waals surface area contributed by atoms with Gasteiger partial charge in [0.2, 0.25) is 16.0 Å². The molecule has 0 saturated heterocycles. The quantitative estimate of drug-likeness (QED) is 0.271. The molecule has 4 aromatic rings. The van der Waals surface area contributed by atoms with Crippen molar-refractivity contribution in [2.45, 2.75) is 17.5 Å². The van der Waals surface area contributed by atoms with E-state index in [0.717, 1.165) is 16.6 Å². The number of fused-ring (bicyclic) bond motifs is 2. The lowest BCUT2D eigenvalue weighted by molar-refractivity contribution is 0.102. The summed E-state index contributed by atoms with van der Waals surface area (Å²) in [4.78, 5) is 10.8. The van der Waals surface area contributed by atoms with Crippen molar-refractivity contribution in [2.75, 3.05) is 23.4 Å². The van der Waals surface area contributed by atoms with Crippen LogP contribution in [0.1, 0.15) is 5.56 Å². The van der Waals surface area contributed by atoms with Gasteiger partial charge in [0.1, 0.15) is 5.82 Å². The topological polar surface area (TPSA) is 156 Å². The Morgan fingerprint density at radius 3 is 2.94 bits per heavy atom. The Bertz CT molecular complexity index is 1420. The number of sulfonamides is 1. The molecule has 0 amide bonds. The summed E-state index contributed by atoms with van der Waals surface area (Å²) in [5.74, 6) is 0.725. The van der Waals surface area contributed by atoms with Crippen LogP contribution in [0.25, 0.3) is 10.9 Å². The molecule has 0 spiro atoms. The Balaban J connectivity index is 1.50. The van der Waals surface area contributed by atoms with E-state index in [2.05, 4.69) is 30.2 Å².